The van der Waals surface area contributed by atoms with E-state index in [0.29, 0.717) is 5.56 Å². The van der Waals surface area contributed by atoms with Crippen molar-refractivity contribution < 1.29 is 4.79 Å². The van der Waals surface area contributed by atoms with Gasteiger partial charge in [-0.3, -0.25) is 9.78 Å². The number of carbonyl (C=O) groups is 1. The van der Waals surface area contributed by atoms with E-state index in [9.17, 15) is 4.79 Å². The third-order valence-corrected chi connectivity index (χ3v) is 2.81. The number of ketones is 1. The molecule has 2 rings (SSSR count). The van der Waals surface area contributed by atoms with Gasteiger partial charge in [0.15, 0.2) is 5.78 Å². The first-order valence-corrected chi connectivity index (χ1v) is 5.86. The number of nitrogens with zero attached hydrogens (tertiary/aromatic N) is 1. The van der Waals surface area contributed by atoms with E-state index in [4.69, 9.17) is 0 Å². The lowest BCUT2D eigenvalue weighted by atomic mass is 10.1. The maximum Gasteiger partial charge on any atom is 0.161 e. The van der Waals surface area contributed by atoms with E-state index in [1.54, 1.807) is 12.4 Å². The molecule has 3 nitrogen and oxygen atoms in total. The van der Waals surface area contributed by atoms with Crippen molar-refractivity contribution in [3.05, 3.63) is 53.3 Å². The summed E-state index contributed by atoms with van der Waals surface area (Å²) in [7, 11) is 0. The predicted octanol–water partition coefficient (Wildman–Crippen LogP) is 3.64. The van der Waals surface area contributed by atoms with Crippen molar-refractivity contribution in [1.82, 2.24) is 4.98 Å². The molecule has 0 amide bonds. The highest BCUT2D eigenvalue weighted by atomic mass is 16.1. The summed E-state index contributed by atoms with van der Waals surface area (Å²) < 4.78 is 0. The van der Waals surface area contributed by atoms with Gasteiger partial charge in [-0.05, 0) is 38.5 Å². The molecule has 1 aromatic carbocycles. The minimum absolute atomic E-state index is 0.0202. The Balaban J connectivity index is 2.28. The van der Waals surface area contributed by atoms with E-state index in [2.05, 4.69) is 36.3 Å². The van der Waals surface area contributed by atoms with Crippen LogP contribution in [0.2, 0.25) is 0 Å². The number of Topliss-reactive ketones (excluding diaryl/α,β-unsaturated/α-hetero) is 1. The molecular weight excluding hydrogens is 224 g/mol. The van der Waals surface area contributed by atoms with Crippen molar-refractivity contribution in [1.29, 1.82) is 0 Å². The van der Waals surface area contributed by atoms with Gasteiger partial charge in [0.1, 0.15) is 0 Å². The maximum absolute atomic E-state index is 11.3. The number of hydrogen-bond acceptors (Lipinski definition) is 3. The summed E-state index contributed by atoms with van der Waals surface area (Å²) in [6, 6.07) is 8.02. The molecule has 0 saturated heterocycles. The molecule has 0 radical (unpaired) electrons. The van der Waals surface area contributed by atoms with E-state index in [-0.39, 0.29) is 5.78 Å². The number of carbonyl (C=O) groups excluding carboxylic acids is 1. The third-order valence-electron chi connectivity index (χ3n) is 2.81. The lowest BCUT2D eigenvalue weighted by molar-refractivity contribution is 0.101. The van der Waals surface area contributed by atoms with Gasteiger partial charge in [0.25, 0.3) is 0 Å². The Kier molecular flexibility index (Phi) is 3.42. The monoisotopic (exact) mass is 240 g/mol. The molecule has 92 valence electrons. The molecule has 1 N–H and O–H groups in total. The number of rotatable bonds is 3. The Labute approximate surface area is 107 Å². The lowest BCUT2D eigenvalue weighted by Crippen LogP contribution is -1.98. The van der Waals surface area contributed by atoms with Crippen LogP contribution in [-0.2, 0) is 0 Å². The van der Waals surface area contributed by atoms with E-state index in [0.717, 1.165) is 11.4 Å². The summed E-state index contributed by atoms with van der Waals surface area (Å²) in [6.07, 6.45) is 3.29. The Hall–Kier alpha value is -2.16. The van der Waals surface area contributed by atoms with Crippen LogP contribution in [0.25, 0.3) is 0 Å². The molecule has 0 aliphatic carbocycles. The largest absolute Gasteiger partial charge is 0.354 e. The lowest BCUT2D eigenvalue weighted by Gasteiger charge is -2.10. The van der Waals surface area contributed by atoms with Gasteiger partial charge in [0, 0.05) is 17.4 Å². The van der Waals surface area contributed by atoms with Crippen molar-refractivity contribution in [3.8, 4) is 0 Å². The summed E-state index contributed by atoms with van der Waals surface area (Å²) in [5.74, 6) is 0.0202. The Morgan fingerprint density at radius 3 is 2.61 bits per heavy atom. The van der Waals surface area contributed by atoms with Crippen LogP contribution in [0.1, 0.15) is 28.4 Å². The highest BCUT2D eigenvalue weighted by Gasteiger charge is 2.03. The SMILES string of the molecule is CC(=O)c1cncc(Nc2ccc(C)cc2C)c1. The Morgan fingerprint density at radius 2 is 1.94 bits per heavy atom. The van der Waals surface area contributed by atoms with Gasteiger partial charge in [0.05, 0.1) is 11.9 Å². The number of benzene rings is 1. The Morgan fingerprint density at radius 1 is 1.17 bits per heavy atom. The fraction of sp³-hybridized carbons (Fsp3) is 0.200. The van der Waals surface area contributed by atoms with Crippen molar-refractivity contribution in [2.75, 3.05) is 5.32 Å². The van der Waals surface area contributed by atoms with E-state index in [1.165, 1.54) is 18.1 Å². The van der Waals surface area contributed by atoms with E-state index < -0.39 is 0 Å². The second kappa shape index (κ2) is 5.00. The first kappa shape index (κ1) is 12.3. The number of aryl methyl sites for hydroxylation is 2. The smallest absolute Gasteiger partial charge is 0.161 e. The Bertz CT molecular complexity index is 591. The molecule has 1 aromatic heterocycles. The molecule has 3 heteroatoms. The second-order valence-corrected chi connectivity index (χ2v) is 4.46. The molecule has 2 aromatic rings. The van der Waals surface area contributed by atoms with Crippen LogP contribution >= 0.6 is 0 Å². The van der Waals surface area contributed by atoms with Crippen LogP contribution < -0.4 is 5.32 Å². The van der Waals surface area contributed by atoms with E-state index in [1.807, 2.05) is 12.1 Å². The molecule has 0 bridgehead atoms. The van der Waals surface area contributed by atoms with Gasteiger partial charge in [-0.1, -0.05) is 17.7 Å². The van der Waals surface area contributed by atoms with Crippen LogP contribution in [-0.4, -0.2) is 10.8 Å². The van der Waals surface area contributed by atoms with Crippen LogP contribution in [0.4, 0.5) is 11.4 Å². The standard InChI is InChI=1S/C15H16N2O/c1-10-4-5-15(11(2)6-10)17-14-7-13(12(3)18)8-16-9-14/h4-9,17H,1-3H3. The summed E-state index contributed by atoms with van der Waals surface area (Å²) >= 11 is 0. The van der Waals surface area contributed by atoms with Gasteiger partial charge in [-0.2, -0.15) is 0 Å². The molecule has 0 unspecified atom stereocenters. The fourth-order valence-corrected chi connectivity index (χ4v) is 1.81. The molecule has 0 aliphatic heterocycles. The van der Waals surface area contributed by atoms with Crippen molar-refractivity contribution in [2.45, 2.75) is 20.8 Å². The van der Waals surface area contributed by atoms with Crippen LogP contribution in [0.3, 0.4) is 0 Å². The first-order chi connectivity index (χ1) is 8.56. The summed E-state index contributed by atoms with van der Waals surface area (Å²) in [5.41, 5.74) is 4.87. The topological polar surface area (TPSA) is 42.0 Å². The number of nitrogens with one attached hydrogen (secondary N) is 1. The average Bonchev–Trinajstić information content (AvgIpc) is 2.33. The zero-order valence-corrected chi connectivity index (χ0v) is 10.8. The van der Waals surface area contributed by atoms with Gasteiger partial charge >= 0.3 is 0 Å². The number of hydrogen-bond donors (Lipinski definition) is 1. The molecule has 0 fully saturated rings. The highest BCUT2D eigenvalue weighted by molar-refractivity contribution is 5.94. The van der Waals surface area contributed by atoms with Gasteiger partial charge in [0.2, 0.25) is 0 Å². The van der Waals surface area contributed by atoms with Crippen LogP contribution in [0.15, 0.2) is 36.7 Å². The molecule has 0 spiro atoms. The second-order valence-electron chi connectivity index (χ2n) is 4.46. The van der Waals surface area contributed by atoms with Gasteiger partial charge in [-0.25, -0.2) is 0 Å². The number of pyridine rings is 1. The fourth-order valence-electron chi connectivity index (χ4n) is 1.81. The summed E-state index contributed by atoms with van der Waals surface area (Å²) in [4.78, 5) is 15.4. The number of aromatic nitrogens is 1. The molecule has 0 atom stereocenters. The van der Waals surface area contributed by atoms with Crippen molar-refractivity contribution in [2.24, 2.45) is 0 Å². The summed E-state index contributed by atoms with van der Waals surface area (Å²) in [5, 5.41) is 3.28. The normalized spacial score (nSPS) is 10.2. The van der Waals surface area contributed by atoms with Crippen LogP contribution in [0, 0.1) is 13.8 Å². The molecule has 1 heterocycles. The zero-order valence-electron chi connectivity index (χ0n) is 10.8. The number of anilines is 2. The molecule has 0 saturated carbocycles. The highest BCUT2D eigenvalue weighted by Crippen LogP contribution is 2.21. The maximum atomic E-state index is 11.3. The van der Waals surface area contributed by atoms with Gasteiger partial charge < -0.3 is 5.32 Å². The van der Waals surface area contributed by atoms with Crippen molar-refractivity contribution in [3.63, 3.8) is 0 Å². The van der Waals surface area contributed by atoms with Crippen LogP contribution in [0.5, 0.6) is 0 Å². The quantitative estimate of drug-likeness (QED) is 0.833. The third kappa shape index (κ3) is 2.74. The zero-order chi connectivity index (χ0) is 13.1. The minimum atomic E-state index is 0.0202. The van der Waals surface area contributed by atoms with E-state index >= 15 is 0 Å². The summed E-state index contributed by atoms with van der Waals surface area (Å²) in [6.45, 7) is 5.66. The molecule has 18 heavy (non-hydrogen) atoms. The molecular formula is C15H16N2O. The van der Waals surface area contributed by atoms with Gasteiger partial charge in [-0.15, -0.1) is 0 Å². The van der Waals surface area contributed by atoms with Crippen molar-refractivity contribution >= 4 is 17.2 Å². The minimum Gasteiger partial charge on any atom is -0.354 e. The average molecular weight is 240 g/mol. The first-order valence-electron chi connectivity index (χ1n) is 5.86. The molecule has 0 aliphatic rings. The predicted molar refractivity (Wildman–Crippen MR) is 73.4 cm³/mol.